The number of hydrogen-bond donors (Lipinski definition) is 1. The highest BCUT2D eigenvalue weighted by Gasteiger charge is 2.27. The number of anilines is 1. The summed E-state index contributed by atoms with van der Waals surface area (Å²) in [5.41, 5.74) is 8.41. The van der Waals surface area contributed by atoms with Crippen molar-refractivity contribution in [1.29, 1.82) is 0 Å². The molecule has 0 aliphatic carbocycles. The summed E-state index contributed by atoms with van der Waals surface area (Å²) in [5.74, 6) is 1.57. The average Bonchev–Trinajstić information content (AvgIpc) is 2.73. The van der Waals surface area contributed by atoms with E-state index in [1.165, 1.54) is 17.7 Å². The first-order chi connectivity index (χ1) is 8.30. The second kappa shape index (κ2) is 5.41. The fraction of sp³-hybridized carbons (Fsp3) is 0.571. The van der Waals surface area contributed by atoms with E-state index in [2.05, 4.69) is 24.0 Å². The number of likely N-dealkylation sites (N-methyl/N-ethyl adjacent to an activating group) is 1. The molecule has 2 rings (SSSR count). The van der Waals surface area contributed by atoms with Crippen molar-refractivity contribution in [3.05, 3.63) is 23.8 Å². The van der Waals surface area contributed by atoms with Crippen LogP contribution in [0.4, 0.5) is 5.69 Å². The van der Waals surface area contributed by atoms with E-state index in [0.717, 1.165) is 31.8 Å². The Morgan fingerprint density at radius 2 is 2.29 bits per heavy atom. The molecule has 0 fully saturated rings. The number of ether oxygens (including phenoxy) is 1. The van der Waals surface area contributed by atoms with Gasteiger partial charge in [-0.1, -0.05) is 0 Å². The molecule has 17 heavy (non-hydrogen) atoms. The van der Waals surface area contributed by atoms with E-state index in [9.17, 15) is 0 Å². The van der Waals surface area contributed by atoms with Crippen molar-refractivity contribution in [2.45, 2.75) is 25.7 Å². The topological polar surface area (TPSA) is 38.5 Å². The van der Waals surface area contributed by atoms with Gasteiger partial charge in [-0.2, -0.15) is 0 Å². The molecule has 1 atom stereocenters. The quantitative estimate of drug-likeness (QED) is 0.850. The molecule has 0 saturated heterocycles. The number of rotatable bonds is 5. The zero-order valence-corrected chi connectivity index (χ0v) is 10.8. The zero-order chi connectivity index (χ0) is 12.3. The molecule has 1 aromatic carbocycles. The van der Waals surface area contributed by atoms with Gasteiger partial charge in [0.05, 0.1) is 7.11 Å². The van der Waals surface area contributed by atoms with Crippen LogP contribution in [0.3, 0.4) is 0 Å². The van der Waals surface area contributed by atoms with Crippen molar-refractivity contribution in [1.82, 2.24) is 0 Å². The first-order valence-electron chi connectivity index (χ1n) is 6.43. The number of benzene rings is 1. The summed E-state index contributed by atoms with van der Waals surface area (Å²) in [6.07, 6.45) is 2.27. The van der Waals surface area contributed by atoms with Gasteiger partial charge in [-0.05, 0) is 50.1 Å². The summed E-state index contributed by atoms with van der Waals surface area (Å²) in [4.78, 5) is 2.44. The maximum absolute atomic E-state index is 5.61. The summed E-state index contributed by atoms with van der Waals surface area (Å²) in [6.45, 7) is 5.18. The Balaban J connectivity index is 2.25. The minimum Gasteiger partial charge on any atom is -0.497 e. The standard InChI is InChI=1S/C14H22N2O/c1-3-16-10-11(5-4-8-15)13-9-12(17-2)6-7-14(13)16/h6-7,9,11H,3-5,8,10,15H2,1-2H3. The molecule has 1 aliphatic heterocycles. The van der Waals surface area contributed by atoms with Gasteiger partial charge >= 0.3 is 0 Å². The molecule has 94 valence electrons. The maximum Gasteiger partial charge on any atom is 0.119 e. The lowest BCUT2D eigenvalue weighted by molar-refractivity contribution is 0.414. The Kier molecular flexibility index (Phi) is 3.89. The van der Waals surface area contributed by atoms with Crippen LogP contribution < -0.4 is 15.4 Å². The van der Waals surface area contributed by atoms with E-state index in [-0.39, 0.29) is 0 Å². The fourth-order valence-corrected chi connectivity index (χ4v) is 2.65. The van der Waals surface area contributed by atoms with Gasteiger partial charge in [0.15, 0.2) is 0 Å². The van der Waals surface area contributed by atoms with E-state index in [0.29, 0.717) is 5.92 Å². The van der Waals surface area contributed by atoms with E-state index in [1.54, 1.807) is 7.11 Å². The molecular formula is C14H22N2O. The molecule has 0 saturated carbocycles. The fourth-order valence-electron chi connectivity index (χ4n) is 2.65. The van der Waals surface area contributed by atoms with Crippen molar-refractivity contribution >= 4 is 5.69 Å². The first-order valence-corrected chi connectivity index (χ1v) is 6.43. The van der Waals surface area contributed by atoms with Crippen molar-refractivity contribution in [2.24, 2.45) is 5.73 Å². The van der Waals surface area contributed by atoms with Gasteiger partial charge in [0.2, 0.25) is 0 Å². The van der Waals surface area contributed by atoms with Gasteiger partial charge in [-0.25, -0.2) is 0 Å². The molecule has 3 nitrogen and oxygen atoms in total. The molecule has 0 aromatic heterocycles. The summed E-state index contributed by atoms with van der Waals surface area (Å²) in [7, 11) is 1.73. The van der Waals surface area contributed by atoms with E-state index >= 15 is 0 Å². The maximum atomic E-state index is 5.61. The molecule has 0 amide bonds. The highest BCUT2D eigenvalue weighted by atomic mass is 16.5. The summed E-state index contributed by atoms with van der Waals surface area (Å²) >= 11 is 0. The third-order valence-corrected chi connectivity index (χ3v) is 3.59. The largest absolute Gasteiger partial charge is 0.497 e. The van der Waals surface area contributed by atoms with Crippen LogP contribution in [0.25, 0.3) is 0 Å². The molecule has 0 spiro atoms. The number of methoxy groups -OCH3 is 1. The van der Waals surface area contributed by atoms with Crippen LogP contribution in [0.1, 0.15) is 31.2 Å². The Hall–Kier alpha value is -1.22. The molecule has 2 N–H and O–H groups in total. The Bertz CT molecular complexity index is 378. The lowest BCUT2D eigenvalue weighted by Gasteiger charge is -2.17. The third-order valence-electron chi connectivity index (χ3n) is 3.59. The van der Waals surface area contributed by atoms with Crippen molar-refractivity contribution in [3.8, 4) is 5.75 Å². The molecule has 1 aromatic rings. The SMILES string of the molecule is CCN1CC(CCCN)c2cc(OC)ccc21. The second-order valence-corrected chi connectivity index (χ2v) is 4.59. The average molecular weight is 234 g/mol. The third kappa shape index (κ3) is 2.39. The molecule has 1 aliphatic rings. The van der Waals surface area contributed by atoms with Crippen molar-refractivity contribution in [3.63, 3.8) is 0 Å². The van der Waals surface area contributed by atoms with Crippen LogP contribution in [-0.2, 0) is 0 Å². The zero-order valence-electron chi connectivity index (χ0n) is 10.8. The lowest BCUT2D eigenvalue weighted by Crippen LogP contribution is -2.21. The van der Waals surface area contributed by atoms with E-state index in [4.69, 9.17) is 10.5 Å². The predicted molar refractivity (Wildman–Crippen MR) is 71.9 cm³/mol. The highest BCUT2D eigenvalue weighted by Crippen LogP contribution is 2.40. The van der Waals surface area contributed by atoms with Gasteiger partial charge in [-0.3, -0.25) is 0 Å². The molecule has 3 heteroatoms. The molecule has 1 heterocycles. The number of hydrogen-bond acceptors (Lipinski definition) is 3. The smallest absolute Gasteiger partial charge is 0.119 e. The molecule has 1 unspecified atom stereocenters. The first kappa shape index (κ1) is 12.2. The van der Waals surface area contributed by atoms with E-state index in [1.807, 2.05) is 6.07 Å². The van der Waals surface area contributed by atoms with Gasteiger partial charge in [0.25, 0.3) is 0 Å². The summed E-state index contributed by atoms with van der Waals surface area (Å²) in [5, 5.41) is 0. The van der Waals surface area contributed by atoms with Crippen LogP contribution in [0.15, 0.2) is 18.2 Å². The Labute approximate surface area is 104 Å². The summed E-state index contributed by atoms with van der Waals surface area (Å²) in [6, 6.07) is 6.42. The number of nitrogens with two attached hydrogens (primary N) is 1. The normalized spacial score (nSPS) is 18.3. The highest BCUT2D eigenvalue weighted by molar-refractivity contribution is 5.62. The van der Waals surface area contributed by atoms with Gasteiger partial charge in [0.1, 0.15) is 5.75 Å². The number of fused-ring (bicyclic) bond motifs is 1. The van der Waals surface area contributed by atoms with Gasteiger partial charge < -0.3 is 15.4 Å². The monoisotopic (exact) mass is 234 g/mol. The van der Waals surface area contributed by atoms with Crippen LogP contribution in [0.2, 0.25) is 0 Å². The van der Waals surface area contributed by atoms with Crippen molar-refractivity contribution < 1.29 is 4.74 Å². The van der Waals surface area contributed by atoms with Crippen LogP contribution in [0.5, 0.6) is 5.75 Å². The Morgan fingerprint density at radius 1 is 1.47 bits per heavy atom. The molecule has 0 radical (unpaired) electrons. The summed E-state index contributed by atoms with van der Waals surface area (Å²) < 4.78 is 5.32. The van der Waals surface area contributed by atoms with Crippen molar-refractivity contribution in [2.75, 3.05) is 31.6 Å². The number of nitrogens with zero attached hydrogens (tertiary/aromatic N) is 1. The lowest BCUT2D eigenvalue weighted by atomic mass is 9.96. The second-order valence-electron chi connectivity index (χ2n) is 4.59. The molecule has 0 bridgehead atoms. The molecular weight excluding hydrogens is 212 g/mol. The van der Waals surface area contributed by atoms with Gasteiger partial charge in [0, 0.05) is 24.7 Å². The minimum atomic E-state index is 0.614. The van der Waals surface area contributed by atoms with Gasteiger partial charge in [-0.15, -0.1) is 0 Å². The minimum absolute atomic E-state index is 0.614. The predicted octanol–water partition coefficient (Wildman–Crippen LogP) is 2.36. The Morgan fingerprint density at radius 3 is 2.94 bits per heavy atom. The van der Waals surface area contributed by atoms with Crippen LogP contribution in [-0.4, -0.2) is 26.7 Å². The van der Waals surface area contributed by atoms with Crippen LogP contribution in [0, 0.1) is 0 Å². The van der Waals surface area contributed by atoms with Crippen LogP contribution >= 0.6 is 0 Å². The van der Waals surface area contributed by atoms with E-state index < -0.39 is 0 Å².